The third-order valence-corrected chi connectivity index (χ3v) is 6.73. The van der Waals surface area contributed by atoms with E-state index < -0.39 is 5.60 Å². The molecule has 4 heterocycles. The molecule has 0 aliphatic carbocycles. The van der Waals surface area contributed by atoms with Crippen molar-refractivity contribution in [3.8, 4) is 0 Å². The van der Waals surface area contributed by atoms with Crippen molar-refractivity contribution in [1.82, 2.24) is 24.8 Å². The van der Waals surface area contributed by atoms with Gasteiger partial charge in [0.1, 0.15) is 15.8 Å². The Labute approximate surface area is 185 Å². The van der Waals surface area contributed by atoms with Crippen LogP contribution in [0.15, 0.2) is 16.2 Å². The maximum atomic E-state index is 13.1. The fraction of sp³-hybridized carbons (Fsp3) is 0.667. The van der Waals surface area contributed by atoms with E-state index in [4.69, 9.17) is 4.74 Å². The molecule has 10 heteroatoms. The molecule has 2 aliphatic heterocycles. The summed E-state index contributed by atoms with van der Waals surface area (Å²) in [5.41, 5.74) is -0.0287. The smallest absolute Gasteiger partial charge is 0.410 e. The Balaban J connectivity index is 1.36. The molecule has 0 unspecified atom stereocenters. The number of rotatable bonds is 2. The summed E-state index contributed by atoms with van der Waals surface area (Å²) in [5.74, 6) is -0.123. The second-order valence-electron chi connectivity index (χ2n) is 9.30. The lowest BCUT2D eigenvalue weighted by Crippen LogP contribution is -2.50. The minimum absolute atomic E-state index is 0.0554. The highest BCUT2D eigenvalue weighted by molar-refractivity contribution is 7.17. The van der Waals surface area contributed by atoms with Crippen LogP contribution in [-0.2, 0) is 9.53 Å². The normalized spacial score (nSPS) is 20.8. The van der Waals surface area contributed by atoms with Crippen molar-refractivity contribution in [2.24, 2.45) is 5.92 Å². The van der Waals surface area contributed by atoms with Crippen molar-refractivity contribution < 1.29 is 14.3 Å². The summed E-state index contributed by atoms with van der Waals surface area (Å²) < 4.78 is 7.57. The average Bonchev–Trinajstić information content (AvgIpc) is 3.22. The van der Waals surface area contributed by atoms with Crippen LogP contribution in [0.1, 0.15) is 52.5 Å². The van der Waals surface area contributed by atoms with Crippen molar-refractivity contribution in [2.45, 2.75) is 58.1 Å². The van der Waals surface area contributed by atoms with Crippen LogP contribution < -0.4 is 5.56 Å². The highest BCUT2D eigenvalue weighted by Gasteiger charge is 2.35. The van der Waals surface area contributed by atoms with E-state index in [0.717, 1.165) is 12.8 Å². The second-order valence-corrected chi connectivity index (χ2v) is 10.2. The zero-order valence-electron chi connectivity index (χ0n) is 18.2. The number of piperidine rings is 2. The number of nitrogens with zero attached hydrogens (tertiary/aromatic N) is 5. The number of hydrogen-bond donors (Lipinski definition) is 0. The van der Waals surface area contributed by atoms with Crippen LogP contribution in [0.3, 0.4) is 0 Å². The number of hydrogen-bond acceptors (Lipinski definition) is 7. The van der Waals surface area contributed by atoms with Gasteiger partial charge in [-0.25, -0.2) is 9.48 Å². The Morgan fingerprint density at radius 1 is 1.13 bits per heavy atom. The molecule has 168 valence electrons. The lowest BCUT2D eigenvalue weighted by atomic mass is 9.95. The molecular formula is C21H29N5O4S. The van der Waals surface area contributed by atoms with E-state index in [2.05, 4.69) is 10.3 Å². The van der Waals surface area contributed by atoms with E-state index in [1.54, 1.807) is 11.0 Å². The first-order valence-corrected chi connectivity index (χ1v) is 11.7. The van der Waals surface area contributed by atoms with Crippen LogP contribution in [0.4, 0.5) is 4.79 Å². The minimum Gasteiger partial charge on any atom is -0.444 e. The van der Waals surface area contributed by atoms with Gasteiger partial charge in [0.05, 0.1) is 12.0 Å². The van der Waals surface area contributed by atoms with Crippen molar-refractivity contribution in [2.75, 3.05) is 26.2 Å². The Morgan fingerprint density at radius 2 is 1.87 bits per heavy atom. The largest absolute Gasteiger partial charge is 0.444 e. The van der Waals surface area contributed by atoms with Crippen molar-refractivity contribution in [1.29, 1.82) is 0 Å². The fourth-order valence-corrected chi connectivity index (χ4v) is 5.04. The van der Waals surface area contributed by atoms with Crippen LogP contribution in [0.2, 0.25) is 0 Å². The van der Waals surface area contributed by atoms with Gasteiger partial charge in [-0.1, -0.05) is 5.21 Å². The average molecular weight is 448 g/mol. The topological polar surface area (TPSA) is 97.6 Å². The Bertz CT molecular complexity index is 1020. The molecule has 9 nitrogen and oxygen atoms in total. The molecule has 0 N–H and O–H groups in total. The first-order valence-electron chi connectivity index (χ1n) is 10.8. The second kappa shape index (κ2) is 8.57. The van der Waals surface area contributed by atoms with Gasteiger partial charge in [0.25, 0.3) is 5.56 Å². The van der Waals surface area contributed by atoms with E-state index in [-0.39, 0.29) is 29.5 Å². The van der Waals surface area contributed by atoms with Gasteiger partial charge in [0, 0.05) is 26.2 Å². The first kappa shape index (κ1) is 21.7. The maximum Gasteiger partial charge on any atom is 0.410 e. The van der Waals surface area contributed by atoms with Gasteiger partial charge in [-0.15, -0.1) is 16.4 Å². The molecular weight excluding hydrogens is 418 g/mol. The quantitative estimate of drug-likeness (QED) is 0.702. The number of thiophene rings is 1. The van der Waals surface area contributed by atoms with Crippen LogP contribution in [-0.4, -0.2) is 68.6 Å². The fourth-order valence-electron chi connectivity index (χ4n) is 4.28. The summed E-state index contributed by atoms with van der Waals surface area (Å²) in [6.07, 6.45) is 2.54. The molecule has 2 fully saturated rings. The predicted octanol–water partition coefficient (Wildman–Crippen LogP) is 2.66. The van der Waals surface area contributed by atoms with Gasteiger partial charge in [-0.3, -0.25) is 9.59 Å². The van der Waals surface area contributed by atoms with E-state index in [1.165, 1.54) is 16.0 Å². The number of amides is 2. The van der Waals surface area contributed by atoms with Crippen LogP contribution in [0.25, 0.3) is 10.2 Å². The Morgan fingerprint density at radius 3 is 2.58 bits per heavy atom. The predicted molar refractivity (Wildman–Crippen MR) is 117 cm³/mol. The number of carbonyl (C=O) groups is 2. The van der Waals surface area contributed by atoms with Crippen molar-refractivity contribution >= 4 is 33.6 Å². The number of carbonyl (C=O) groups excluding carboxylic acids is 2. The van der Waals surface area contributed by atoms with E-state index >= 15 is 0 Å². The SMILES string of the molecule is CC(C)(C)OC(=O)N1CCC[C@H](C(=O)N2CCC(n3nnc4ccsc4c3=O)CC2)C1. The molecule has 0 radical (unpaired) electrons. The first-order chi connectivity index (χ1) is 14.7. The zero-order valence-corrected chi connectivity index (χ0v) is 19.1. The minimum atomic E-state index is -0.553. The van der Waals surface area contributed by atoms with Crippen LogP contribution >= 0.6 is 11.3 Å². The highest BCUT2D eigenvalue weighted by Crippen LogP contribution is 2.26. The van der Waals surface area contributed by atoms with Gasteiger partial charge < -0.3 is 14.5 Å². The van der Waals surface area contributed by atoms with Gasteiger partial charge in [0.15, 0.2) is 0 Å². The third kappa shape index (κ3) is 4.73. The number of likely N-dealkylation sites (tertiary alicyclic amines) is 2. The van der Waals surface area contributed by atoms with Crippen LogP contribution in [0.5, 0.6) is 0 Å². The molecule has 0 saturated carbocycles. The summed E-state index contributed by atoms with van der Waals surface area (Å²) in [6, 6.07) is 1.74. The van der Waals surface area contributed by atoms with E-state index in [9.17, 15) is 14.4 Å². The summed E-state index contributed by atoms with van der Waals surface area (Å²) in [4.78, 5) is 41.7. The lowest BCUT2D eigenvalue weighted by Gasteiger charge is -2.38. The van der Waals surface area contributed by atoms with Crippen molar-refractivity contribution in [3.63, 3.8) is 0 Å². The molecule has 1 atom stereocenters. The molecule has 0 spiro atoms. The van der Waals surface area contributed by atoms with Gasteiger partial charge >= 0.3 is 6.09 Å². The van der Waals surface area contributed by atoms with Crippen molar-refractivity contribution in [3.05, 3.63) is 21.8 Å². The molecule has 2 aromatic rings. The molecule has 2 saturated heterocycles. The molecule has 0 bridgehead atoms. The summed E-state index contributed by atoms with van der Waals surface area (Å²) in [5, 5.41) is 10.1. The summed E-state index contributed by atoms with van der Waals surface area (Å²) in [6.45, 7) is 7.68. The molecule has 4 rings (SSSR count). The van der Waals surface area contributed by atoms with Gasteiger partial charge in [-0.2, -0.15) is 0 Å². The molecule has 31 heavy (non-hydrogen) atoms. The highest BCUT2D eigenvalue weighted by atomic mass is 32.1. The van der Waals surface area contributed by atoms with Gasteiger partial charge in [0.2, 0.25) is 5.91 Å². The molecule has 0 aromatic carbocycles. The molecule has 2 amide bonds. The maximum absolute atomic E-state index is 13.1. The van der Waals surface area contributed by atoms with E-state index in [0.29, 0.717) is 49.2 Å². The third-order valence-electron chi connectivity index (χ3n) is 5.84. The van der Waals surface area contributed by atoms with Crippen LogP contribution in [0, 0.1) is 5.92 Å². The monoisotopic (exact) mass is 447 g/mol. The van der Waals surface area contributed by atoms with Gasteiger partial charge in [-0.05, 0) is 57.9 Å². The zero-order chi connectivity index (χ0) is 22.2. The Hall–Kier alpha value is -2.49. The number of fused-ring (bicyclic) bond motifs is 1. The summed E-state index contributed by atoms with van der Waals surface area (Å²) >= 11 is 1.38. The number of aromatic nitrogens is 3. The lowest BCUT2D eigenvalue weighted by molar-refractivity contribution is -0.138. The Kier molecular flexibility index (Phi) is 6.00. The standard InChI is InChI=1S/C21H29N5O4S/c1-21(2,3)30-20(29)25-9-4-5-14(13-25)18(27)24-10-6-15(7-11-24)26-19(28)17-16(22-23-26)8-12-31-17/h8,12,14-15H,4-7,9-11,13H2,1-3H3/t14-/m0/s1. The molecule has 2 aromatic heterocycles. The van der Waals surface area contributed by atoms with E-state index in [1.807, 2.05) is 31.1 Å². The molecule has 2 aliphatic rings. The number of ether oxygens (including phenoxy) is 1. The summed E-state index contributed by atoms with van der Waals surface area (Å²) in [7, 11) is 0.